The molecule has 1 rings (SSSR count). The maximum atomic E-state index is 12.2. The van der Waals surface area contributed by atoms with Gasteiger partial charge in [-0.3, -0.25) is 9.59 Å². The quantitative estimate of drug-likeness (QED) is 0.493. The smallest absolute Gasteiger partial charge is 0.237 e. The van der Waals surface area contributed by atoms with E-state index in [4.69, 9.17) is 10.5 Å². The molecule has 0 aromatic rings. The van der Waals surface area contributed by atoms with Crippen molar-refractivity contribution < 1.29 is 14.3 Å². The van der Waals surface area contributed by atoms with E-state index in [1.165, 1.54) is 0 Å². The zero-order valence-electron chi connectivity index (χ0n) is 9.73. The highest BCUT2D eigenvalue weighted by Crippen LogP contribution is 2.20. The summed E-state index contributed by atoms with van der Waals surface area (Å²) in [6.45, 7) is 5.02. The van der Waals surface area contributed by atoms with Crippen molar-refractivity contribution in [2.75, 3.05) is 13.1 Å². The van der Waals surface area contributed by atoms with E-state index < -0.39 is 13.8 Å². The number of alkyl halides is 2. The normalized spacial score (nSPS) is 28.6. The van der Waals surface area contributed by atoms with Gasteiger partial charge in [-0.1, -0.05) is 45.2 Å². The van der Waals surface area contributed by atoms with Gasteiger partial charge in [0, 0.05) is 13.1 Å². The SMILES string of the molecule is C[C@@H]1CN(C(=O)C(I)C(I)C(N)=O)C[C@@H](C)O1. The monoisotopic (exact) mass is 466 g/mol. The predicted molar refractivity (Wildman–Crippen MR) is 81.4 cm³/mol. The fourth-order valence-corrected chi connectivity index (χ4v) is 2.86. The van der Waals surface area contributed by atoms with Crippen LogP contribution in [-0.4, -0.2) is 49.9 Å². The summed E-state index contributed by atoms with van der Waals surface area (Å²) in [5.74, 6) is -0.487. The van der Waals surface area contributed by atoms with Gasteiger partial charge in [0.25, 0.3) is 0 Å². The summed E-state index contributed by atoms with van der Waals surface area (Å²) >= 11 is 3.90. The molecule has 1 aliphatic rings. The van der Waals surface area contributed by atoms with Gasteiger partial charge in [0.15, 0.2) is 0 Å². The van der Waals surface area contributed by atoms with Crippen LogP contribution in [0.15, 0.2) is 0 Å². The Labute approximate surface area is 128 Å². The van der Waals surface area contributed by atoms with Crippen molar-refractivity contribution in [3.05, 3.63) is 0 Å². The van der Waals surface area contributed by atoms with E-state index in [9.17, 15) is 9.59 Å². The van der Waals surface area contributed by atoms with Gasteiger partial charge in [-0.05, 0) is 13.8 Å². The van der Waals surface area contributed by atoms with Crippen molar-refractivity contribution in [3.63, 3.8) is 0 Å². The molecule has 1 aliphatic heterocycles. The van der Waals surface area contributed by atoms with E-state index in [0.717, 1.165) is 0 Å². The van der Waals surface area contributed by atoms with Gasteiger partial charge < -0.3 is 15.4 Å². The molecule has 4 atom stereocenters. The van der Waals surface area contributed by atoms with Gasteiger partial charge in [-0.15, -0.1) is 0 Å². The molecule has 2 amide bonds. The van der Waals surface area contributed by atoms with Gasteiger partial charge in [0.2, 0.25) is 11.8 Å². The number of hydrogen-bond acceptors (Lipinski definition) is 3. The Morgan fingerprint density at radius 2 is 1.71 bits per heavy atom. The van der Waals surface area contributed by atoms with E-state index in [0.29, 0.717) is 13.1 Å². The third kappa shape index (κ3) is 4.19. The van der Waals surface area contributed by atoms with Crippen LogP contribution in [0.4, 0.5) is 0 Å². The lowest BCUT2D eigenvalue weighted by molar-refractivity contribution is -0.142. The molecule has 7 heteroatoms. The Hall–Kier alpha value is 0.360. The van der Waals surface area contributed by atoms with Crippen molar-refractivity contribution >= 4 is 57.0 Å². The van der Waals surface area contributed by atoms with Crippen LogP contribution >= 0.6 is 45.2 Å². The molecular formula is C10H16I2N2O3. The lowest BCUT2D eigenvalue weighted by Gasteiger charge is -2.36. The molecule has 0 bridgehead atoms. The number of carbonyl (C=O) groups is 2. The van der Waals surface area contributed by atoms with Crippen molar-refractivity contribution in [1.82, 2.24) is 4.90 Å². The molecule has 1 heterocycles. The fourth-order valence-electron chi connectivity index (χ4n) is 1.80. The number of primary amides is 1. The first-order valence-corrected chi connectivity index (χ1v) is 7.83. The van der Waals surface area contributed by atoms with Crippen LogP contribution in [0.2, 0.25) is 0 Å². The first-order chi connectivity index (χ1) is 7.82. The number of carbonyl (C=O) groups excluding carboxylic acids is 2. The van der Waals surface area contributed by atoms with E-state index >= 15 is 0 Å². The summed E-state index contributed by atoms with van der Waals surface area (Å²) in [7, 11) is 0. The Morgan fingerprint density at radius 1 is 1.24 bits per heavy atom. The molecule has 1 fully saturated rings. The molecule has 0 aromatic carbocycles. The van der Waals surface area contributed by atoms with Gasteiger partial charge in [-0.25, -0.2) is 0 Å². The van der Waals surface area contributed by atoms with Crippen molar-refractivity contribution in [2.45, 2.75) is 33.9 Å². The van der Waals surface area contributed by atoms with E-state index in [-0.39, 0.29) is 18.1 Å². The minimum absolute atomic E-state index is 0.0348. The topological polar surface area (TPSA) is 72.6 Å². The summed E-state index contributed by atoms with van der Waals surface area (Å²) in [6.07, 6.45) is 0.0695. The summed E-state index contributed by atoms with van der Waals surface area (Å²) in [5, 5.41) is 0. The molecule has 98 valence electrons. The third-order valence-corrected chi connectivity index (χ3v) is 6.46. The van der Waals surface area contributed by atoms with Crippen LogP contribution < -0.4 is 5.73 Å². The number of nitrogens with two attached hydrogens (primary N) is 1. The average Bonchev–Trinajstić information content (AvgIpc) is 2.24. The molecule has 0 radical (unpaired) electrons. The van der Waals surface area contributed by atoms with E-state index in [2.05, 4.69) is 0 Å². The zero-order chi connectivity index (χ0) is 13.2. The largest absolute Gasteiger partial charge is 0.372 e. The molecule has 1 saturated heterocycles. The molecule has 17 heavy (non-hydrogen) atoms. The summed E-state index contributed by atoms with van der Waals surface area (Å²) in [4.78, 5) is 25.0. The summed E-state index contributed by atoms with van der Waals surface area (Å²) in [6, 6.07) is 0. The van der Waals surface area contributed by atoms with Gasteiger partial charge in [-0.2, -0.15) is 0 Å². The molecular weight excluding hydrogens is 450 g/mol. The van der Waals surface area contributed by atoms with Gasteiger partial charge in [0.1, 0.15) is 7.85 Å². The molecule has 2 unspecified atom stereocenters. The highest BCUT2D eigenvalue weighted by molar-refractivity contribution is 14.1. The van der Waals surface area contributed by atoms with Gasteiger partial charge >= 0.3 is 0 Å². The standard InChI is InChI=1S/C10H16I2N2O3/c1-5-3-14(4-6(2)17-5)10(16)8(12)7(11)9(13)15/h5-8H,3-4H2,1-2H3,(H2,13,15)/t5-,6-,7?,8?/m1/s1. The first-order valence-electron chi connectivity index (χ1n) is 5.34. The molecule has 0 saturated carbocycles. The number of rotatable bonds is 3. The first kappa shape index (κ1) is 15.4. The minimum atomic E-state index is -0.478. The Kier molecular flexibility index (Phi) is 5.90. The predicted octanol–water partition coefficient (Wildman–Crippen LogP) is 0.715. The van der Waals surface area contributed by atoms with Crippen molar-refractivity contribution in [2.24, 2.45) is 5.73 Å². The highest BCUT2D eigenvalue weighted by atomic mass is 127. The average molecular weight is 466 g/mol. The molecule has 2 N–H and O–H groups in total. The van der Waals surface area contributed by atoms with Crippen LogP contribution in [0, 0.1) is 0 Å². The van der Waals surface area contributed by atoms with Crippen LogP contribution in [0.3, 0.4) is 0 Å². The van der Waals surface area contributed by atoms with Crippen molar-refractivity contribution in [3.8, 4) is 0 Å². The molecule has 0 aromatic heterocycles. The molecule has 0 aliphatic carbocycles. The number of nitrogens with zero attached hydrogens (tertiary/aromatic N) is 1. The third-order valence-electron chi connectivity index (χ3n) is 2.50. The van der Waals surface area contributed by atoms with Crippen LogP contribution in [-0.2, 0) is 14.3 Å². The number of hydrogen-bond donors (Lipinski definition) is 1. The maximum absolute atomic E-state index is 12.2. The fraction of sp³-hybridized carbons (Fsp3) is 0.800. The number of morpholine rings is 1. The summed E-state index contributed by atoms with van der Waals surface area (Å²) in [5.41, 5.74) is 5.21. The Morgan fingerprint density at radius 3 is 2.12 bits per heavy atom. The van der Waals surface area contributed by atoms with Crippen LogP contribution in [0.25, 0.3) is 0 Å². The number of ether oxygens (including phenoxy) is 1. The molecule has 5 nitrogen and oxygen atoms in total. The number of halogens is 2. The summed E-state index contributed by atoms with van der Waals surface area (Å²) < 4.78 is 4.67. The Bertz CT molecular complexity index is 304. The van der Waals surface area contributed by atoms with E-state index in [1.807, 2.05) is 59.0 Å². The second-order valence-corrected chi connectivity index (χ2v) is 6.89. The maximum Gasteiger partial charge on any atom is 0.237 e. The van der Waals surface area contributed by atoms with Gasteiger partial charge in [0.05, 0.1) is 12.2 Å². The van der Waals surface area contributed by atoms with Crippen molar-refractivity contribution in [1.29, 1.82) is 0 Å². The van der Waals surface area contributed by atoms with Crippen LogP contribution in [0.5, 0.6) is 0 Å². The number of amides is 2. The zero-order valence-corrected chi connectivity index (χ0v) is 14.0. The van der Waals surface area contributed by atoms with E-state index in [1.54, 1.807) is 4.90 Å². The highest BCUT2D eigenvalue weighted by Gasteiger charge is 2.34. The second kappa shape index (κ2) is 6.50. The van der Waals surface area contributed by atoms with Crippen LogP contribution in [0.1, 0.15) is 13.8 Å². The Balaban J connectivity index is 2.65. The minimum Gasteiger partial charge on any atom is -0.372 e. The molecule has 0 spiro atoms. The lowest BCUT2D eigenvalue weighted by Crippen LogP contribution is -2.52. The lowest BCUT2D eigenvalue weighted by atomic mass is 10.2. The second-order valence-electron chi connectivity index (χ2n) is 4.21.